The van der Waals surface area contributed by atoms with Crippen LogP contribution in [-0.2, 0) is 7.05 Å². The molecule has 1 aromatic rings. The molecule has 1 aliphatic carbocycles. The third kappa shape index (κ3) is 2.85. The highest BCUT2D eigenvalue weighted by molar-refractivity contribution is 4.98. The fourth-order valence-electron chi connectivity index (χ4n) is 2.80. The molecule has 1 saturated carbocycles. The number of nitrogens with two attached hydrogens (primary N) is 1. The average Bonchev–Trinajstić information content (AvgIpc) is 2.53. The third-order valence-electron chi connectivity index (χ3n) is 3.75. The summed E-state index contributed by atoms with van der Waals surface area (Å²) in [5, 5.41) is 0. The Bertz CT molecular complexity index is 311. The molecule has 1 atom stereocenters. The average molecular weight is 221 g/mol. The summed E-state index contributed by atoms with van der Waals surface area (Å²) >= 11 is 0. The first-order valence-corrected chi connectivity index (χ1v) is 6.50. The first-order chi connectivity index (χ1) is 7.77. The van der Waals surface area contributed by atoms with Gasteiger partial charge in [0.1, 0.15) is 5.82 Å². The monoisotopic (exact) mass is 221 g/mol. The second-order valence-electron chi connectivity index (χ2n) is 5.10. The molecule has 0 saturated heterocycles. The van der Waals surface area contributed by atoms with Gasteiger partial charge in [-0.2, -0.15) is 0 Å². The quantitative estimate of drug-likeness (QED) is 0.798. The molecule has 0 spiro atoms. The Kier molecular flexibility index (Phi) is 3.99. The van der Waals surface area contributed by atoms with Crippen LogP contribution in [0.25, 0.3) is 0 Å². The van der Waals surface area contributed by atoms with Crippen molar-refractivity contribution in [3.8, 4) is 0 Å². The van der Waals surface area contributed by atoms with E-state index >= 15 is 0 Å². The lowest BCUT2D eigenvalue weighted by Gasteiger charge is -2.19. The SMILES string of the molecule is Cn1ccnc1C(N)CC1CCCCCC1. The molecule has 2 N–H and O–H groups in total. The molecule has 0 aromatic carbocycles. The van der Waals surface area contributed by atoms with Gasteiger partial charge in [0.05, 0.1) is 6.04 Å². The van der Waals surface area contributed by atoms with Gasteiger partial charge in [0.25, 0.3) is 0 Å². The van der Waals surface area contributed by atoms with Crippen LogP contribution >= 0.6 is 0 Å². The molecule has 0 amide bonds. The lowest BCUT2D eigenvalue weighted by atomic mass is 9.92. The van der Waals surface area contributed by atoms with E-state index in [1.165, 1.54) is 38.5 Å². The summed E-state index contributed by atoms with van der Waals surface area (Å²) in [6, 6.07) is 0.114. The van der Waals surface area contributed by atoms with Gasteiger partial charge in [-0.25, -0.2) is 4.98 Å². The standard InChI is InChI=1S/C13H23N3/c1-16-9-8-15-13(16)12(14)10-11-6-4-2-3-5-7-11/h8-9,11-12H,2-7,10,14H2,1H3. The number of aryl methyl sites for hydroxylation is 1. The van der Waals surface area contributed by atoms with Crippen LogP contribution in [0.15, 0.2) is 12.4 Å². The van der Waals surface area contributed by atoms with Crippen LogP contribution < -0.4 is 5.73 Å². The van der Waals surface area contributed by atoms with Gasteiger partial charge in [-0.15, -0.1) is 0 Å². The van der Waals surface area contributed by atoms with Crippen molar-refractivity contribution in [1.29, 1.82) is 0 Å². The normalized spacial score (nSPS) is 20.6. The van der Waals surface area contributed by atoms with Crippen LogP contribution in [0.3, 0.4) is 0 Å². The zero-order chi connectivity index (χ0) is 11.4. The topological polar surface area (TPSA) is 43.8 Å². The van der Waals surface area contributed by atoms with Crippen LogP contribution in [0.4, 0.5) is 0 Å². The minimum absolute atomic E-state index is 0.114. The fourth-order valence-corrected chi connectivity index (χ4v) is 2.80. The van der Waals surface area contributed by atoms with Crippen molar-refractivity contribution in [3.63, 3.8) is 0 Å². The van der Waals surface area contributed by atoms with Gasteiger partial charge >= 0.3 is 0 Å². The maximum atomic E-state index is 6.24. The minimum atomic E-state index is 0.114. The molecule has 1 fully saturated rings. The Labute approximate surface area is 98.1 Å². The molecule has 90 valence electrons. The number of hydrogen-bond donors (Lipinski definition) is 1. The van der Waals surface area contributed by atoms with Gasteiger partial charge in [-0.05, 0) is 12.3 Å². The second kappa shape index (κ2) is 5.48. The predicted molar refractivity (Wildman–Crippen MR) is 65.9 cm³/mol. The Morgan fingerprint density at radius 2 is 2.06 bits per heavy atom. The molecule has 0 aliphatic heterocycles. The zero-order valence-electron chi connectivity index (χ0n) is 10.2. The molecule has 0 radical (unpaired) electrons. The molecule has 1 aliphatic rings. The van der Waals surface area contributed by atoms with Crippen molar-refractivity contribution in [2.75, 3.05) is 0 Å². The number of aromatic nitrogens is 2. The van der Waals surface area contributed by atoms with Gasteiger partial charge in [0.15, 0.2) is 0 Å². The van der Waals surface area contributed by atoms with Crippen molar-refractivity contribution in [1.82, 2.24) is 9.55 Å². The maximum absolute atomic E-state index is 6.24. The number of imidazole rings is 1. The Morgan fingerprint density at radius 3 is 2.62 bits per heavy atom. The summed E-state index contributed by atoms with van der Waals surface area (Å²) in [6.45, 7) is 0. The molecule has 1 aromatic heterocycles. The highest BCUT2D eigenvalue weighted by Crippen LogP contribution is 2.29. The van der Waals surface area contributed by atoms with Crippen molar-refractivity contribution < 1.29 is 0 Å². The summed E-state index contributed by atoms with van der Waals surface area (Å²) in [6.07, 6.45) is 13.2. The number of hydrogen-bond acceptors (Lipinski definition) is 2. The molecular weight excluding hydrogens is 198 g/mol. The lowest BCUT2D eigenvalue weighted by molar-refractivity contribution is 0.382. The van der Waals surface area contributed by atoms with E-state index in [9.17, 15) is 0 Å². The Hall–Kier alpha value is -0.830. The van der Waals surface area contributed by atoms with Gasteiger partial charge in [-0.1, -0.05) is 38.5 Å². The van der Waals surface area contributed by atoms with E-state index in [2.05, 4.69) is 4.98 Å². The molecule has 3 nitrogen and oxygen atoms in total. The van der Waals surface area contributed by atoms with E-state index < -0.39 is 0 Å². The lowest BCUT2D eigenvalue weighted by Crippen LogP contribution is -2.19. The largest absolute Gasteiger partial charge is 0.337 e. The maximum Gasteiger partial charge on any atom is 0.125 e. The molecule has 3 heteroatoms. The van der Waals surface area contributed by atoms with Gasteiger partial charge in [-0.3, -0.25) is 0 Å². The van der Waals surface area contributed by atoms with Crippen molar-refractivity contribution in [2.45, 2.75) is 51.0 Å². The van der Waals surface area contributed by atoms with E-state index in [1.807, 2.05) is 24.0 Å². The summed E-state index contributed by atoms with van der Waals surface area (Å²) in [5.41, 5.74) is 6.24. The van der Waals surface area contributed by atoms with Gasteiger partial charge in [0, 0.05) is 19.4 Å². The molecule has 0 bridgehead atoms. The van der Waals surface area contributed by atoms with Crippen LogP contribution in [0.5, 0.6) is 0 Å². The Balaban J connectivity index is 1.91. The van der Waals surface area contributed by atoms with Crippen LogP contribution in [0.1, 0.15) is 56.8 Å². The zero-order valence-corrected chi connectivity index (χ0v) is 10.2. The number of nitrogens with zero attached hydrogens (tertiary/aromatic N) is 2. The van der Waals surface area contributed by atoms with E-state index in [1.54, 1.807) is 0 Å². The van der Waals surface area contributed by atoms with Crippen LogP contribution in [-0.4, -0.2) is 9.55 Å². The third-order valence-corrected chi connectivity index (χ3v) is 3.75. The van der Waals surface area contributed by atoms with E-state index in [-0.39, 0.29) is 6.04 Å². The second-order valence-corrected chi connectivity index (χ2v) is 5.10. The fraction of sp³-hybridized carbons (Fsp3) is 0.769. The first-order valence-electron chi connectivity index (χ1n) is 6.50. The molecule has 2 rings (SSSR count). The van der Waals surface area contributed by atoms with Crippen LogP contribution in [0, 0.1) is 5.92 Å². The summed E-state index contributed by atoms with van der Waals surface area (Å²) in [5.74, 6) is 1.85. The van der Waals surface area contributed by atoms with E-state index in [0.29, 0.717) is 0 Å². The van der Waals surface area contributed by atoms with E-state index in [0.717, 1.165) is 18.2 Å². The molecular formula is C13H23N3. The van der Waals surface area contributed by atoms with Crippen molar-refractivity contribution in [2.24, 2.45) is 18.7 Å². The molecule has 1 unspecified atom stereocenters. The predicted octanol–water partition coefficient (Wildman–Crippen LogP) is 2.78. The van der Waals surface area contributed by atoms with Crippen LogP contribution in [0.2, 0.25) is 0 Å². The molecule has 1 heterocycles. The Morgan fingerprint density at radius 1 is 1.38 bits per heavy atom. The highest BCUT2D eigenvalue weighted by atomic mass is 15.1. The summed E-state index contributed by atoms with van der Waals surface area (Å²) in [4.78, 5) is 4.34. The highest BCUT2D eigenvalue weighted by Gasteiger charge is 2.18. The first kappa shape index (κ1) is 11.6. The summed E-state index contributed by atoms with van der Waals surface area (Å²) in [7, 11) is 2.02. The van der Waals surface area contributed by atoms with Gasteiger partial charge in [0.2, 0.25) is 0 Å². The van der Waals surface area contributed by atoms with Crippen molar-refractivity contribution in [3.05, 3.63) is 18.2 Å². The molecule has 16 heavy (non-hydrogen) atoms. The summed E-state index contributed by atoms with van der Waals surface area (Å²) < 4.78 is 2.04. The van der Waals surface area contributed by atoms with Gasteiger partial charge < -0.3 is 10.3 Å². The number of rotatable bonds is 3. The van der Waals surface area contributed by atoms with E-state index in [4.69, 9.17) is 5.73 Å². The smallest absolute Gasteiger partial charge is 0.125 e. The minimum Gasteiger partial charge on any atom is -0.337 e. The van der Waals surface area contributed by atoms with Crippen molar-refractivity contribution >= 4 is 0 Å².